The topological polar surface area (TPSA) is 83.4 Å². The third-order valence-corrected chi connectivity index (χ3v) is 2.84. The number of carboxylic acid groups (broad SMARTS) is 1. The number of rotatable bonds is 2. The Morgan fingerprint density at radius 2 is 2.24 bits per heavy atom. The van der Waals surface area contributed by atoms with Gasteiger partial charge in [0.25, 0.3) is 5.91 Å². The lowest BCUT2D eigenvalue weighted by molar-refractivity contribution is -0.143. The molecule has 2 heterocycles. The molecular formula is C11H13N3O3. The maximum atomic E-state index is 12.1. The summed E-state index contributed by atoms with van der Waals surface area (Å²) >= 11 is 0. The first-order valence-electron chi connectivity index (χ1n) is 5.51. The van der Waals surface area contributed by atoms with Gasteiger partial charge in [0.05, 0.1) is 0 Å². The van der Waals surface area contributed by atoms with Crippen molar-refractivity contribution in [2.45, 2.75) is 25.3 Å². The molecule has 1 aliphatic rings. The number of amides is 1. The van der Waals surface area contributed by atoms with Crippen LogP contribution in [0.2, 0.25) is 0 Å². The van der Waals surface area contributed by atoms with Crippen LogP contribution in [-0.4, -0.2) is 44.7 Å². The molecule has 17 heavy (non-hydrogen) atoms. The zero-order valence-corrected chi connectivity index (χ0v) is 9.24. The van der Waals surface area contributed by atoms with Gasteiger partial charge in [-0.2, -0.15) is 5.10 Å². The normalized spacial score (nSPS) is 20.0. The monoisotopic (exact) mass is 235 g/mol. The van der Waals surface area contributed by atoms with Crippen molar-refractivity contribution in [1.82, 2.24) is 15.1 Å². The number of likely N-dealkylation sites (tertiary alicyclic amines) is 1. The van der Waals surface area contributed by atoms with Crippen LogP contribution in [-0.2, 0) is 4.79 Å². The van der Waals surface area contributed by atoms with Crippen LogP contribution in [0.1, 0.15) is 29.8 Å². The van der Waals surface area contributed by atoms with Crippen LogP contribution in [0.5, 0.6) is 0 Å². The zero-order valence-electron chi connectivity index (χ0n) is 9.24. The Morgan fingerprint density at radius 3 is 2.88 bits per heavy atom. The third-order valence-electron chi connectivity index (χ3n) is 2.84. The van der Waals surface area contributed by atoms with Gasteiger partial charge in [0, 0.05) is 12.7 Å². The van der Waals surface area contributed by atoms with Crippen LogP contribution < -0.4 is 0 Å². The van der Waals surface area contributed by atoms with Crippen molar-refractivity contribution >= 4 is 11.9 Å². The molecule has 1 aromatic rings. The lowest BCUT2D eigenvalue weighted by Gasteiger charge is -2.32. The first kappa shape index (κ1) is 11.5. The Balaban J connectivity index is 2.20. The summed E-state index contributed by atoms with van der Waals surface area (Å²) in [5, 5.41) is 16.4. The van der Waals surface area contributed by atoms with Crippen molar-refractivity contribution in [3.05, 3.63) is 24.0 Å². The van der Waals surface area contributed by atoms with Gasteiger partial charge in [-0.25, -0.2) is 4.79 Å². The number of aliphatic carboxylic acids is 1. The highest BCUT2D eigenvalue weighted by atomic mass is 16.4. The standard InChI is InChI=1S/C11H13N3O3/c15-10(8-4-3-6-12-13-8)14-7-2-1-5-9(14)11(16)17/h3-4,6,9H,1-2,5,7H2,(H,16,17). The number of carbonyl (C=O) groups excluding carboxylic acids is 1. The molecule has 90 valence electrons. The molecule has 1 atom stereocenters. The second kappa shape index (κ2) is 4.90. The molecule has 1 aromatic heterocycles. The maximum Gasteiger partial charge on any atom is 0.326 e. The predicted molar refractivity (Wildman–Crippen MR) is 58.3 cm³/mol. The van der Waals surface area contributed by atoms with Crippen molar-refractivity contribution in [1.29, 1.82) is 0 Å². The number of piperidine rings is 1. The fourth-order valence-corrected chi connectivity index (χ4v) is 1.99. The number of carbonyl (C=O) groups is 2. The van der Waals surface area contributed by atoms with E-state index in [4.69, 9.17) is 5.11 Å². The average Bonchev–Trinajstić information content (AvgIpc) is 2.39. The zero-order chi connectivity index (χ0) is 12.3. The fourth-order valence-electron chi connectivity index (χ4n) is 1.99. The van der Waals surface area contributed by atoms with Crippen molar-refractivity contribution in [3.63, 3.8) is 0 Å². The minimum atomic E-state index is -0.957. The van der Waals surface area contributed by atoms with Gasteiger partial charge in [0.2, 0.25) is 0 Å². The smallest absolute Gasteiger partial charge is 0.326 e. The maximum absolute atomic E-state index is 12.1. The predicted octanol–water partition coefficient (Wildman–Crippen LogP) is 0.556. The van der Waals surface area contributed by atoms with Crippen LogP contribution in [0.15, 0.2) is 18.3 Å². The molecule has 0 spiro atoms. The summed E-state index contributed by atoms with van der Waals surface area (Å²) in [6, 6.07) is 2.42. The summed E-state index contributed by atoms with van der Waals surface area (Å²) in [7, 11) is 0. The van der Waals surface area contributed by atoms with E-state index in [1.54, 1.807) is 12.1 Å². The molecule has 1 unspecified atom stereocenters. The van der Waals surface area contributed by atoms with Crippen LogP contribution in [0.3, 0.4) is 0 Å². The third kappa shape index (κ3) is 2.41. The van der Waals surface area contributed by atoms with Gasteiger partial charge in [-0.05, 0) is 31.4 Å². The van der Waals surface area contributed by atoms with E-state index in [0.29, 0.717) is 13.0 Å². The molecule has 1 N–H and O–H groups in total. The first-order valence-corrected chi connectivity index (χ1v) is 5.51. The molecule has 0 radical (unpaired) electrons. The molecule has 1 saturated heterocycles. The summed E-state index contributed by atoms with van der Waals surface area (Å²) in [4.78, 5) is 24.5. The molecule has 0 aromatic carbocycles. The van der Waals surface area contributed by atoms with Gasteiger partial charge in [-0.15, -0.1) is 5.10 Å². The lowest BCUT2D eigenvalue weighted by atomic mass is 10.0. The van der Waals surface area contributed by atoms with Crippen LogP contribution in [0, 0.1) is 0 Å². The number of hydrogen-bond donors (Lipinski definition) is 1. The molecule has 6 nitrogen and oxygen atoms in total. The van der Waals surface area contributed by atoms with Crippen LogP contribution in [0.4, 0.5) is 0 Å². The van der Waals surface area contributed by atoms with Gasteiger partial charge >= 0.3 is 5.97 Å². The lowest BCUT2D eigenvalue weighted by Crippen LogP contribution is -2.48. The largest absolute Gasteiger partial charge is 0.480 e. The highest BCUT2D eigenvalue weighted by Crippen LogP contribution is 2.19. The van der Waals surface area contributed by atoms with E-state index >= 15 is 0 Å². The molecule has 0 aliphatic carbocycles. The first-order chi connectivity index (χ1) is 8.20. The van der Waals surface area contributed by atoms with Gasteiger partial charge in [0.1, 0.15) is 6.04 Å². The van der Waals surface area contributed by atoms with Crippen molar-refractivity contribution < 1.29 is 14.7 Å². The SMILES string of the molecule is O=C(O)C1CCCCN1C(=O)c1cccnn1. The van der Waals surface area contributed by atoms with E-state index < -0.39 is 12.0 Å². The number of hydrogen-bond acceptors (Lipinski definition) is 4. The van der Waals surface area contributed by atoms with E-state index in [1.807, 2.05) is 0 Å². The summed E-state index contributed by atoms with van der Waals surface area (Å²) in [6.45, 7) is 0.465. The van der Waals surface area contributed by atoms with Gasteiger partial charge in [0.15, 0.2) is 5.69 Å². The van der Waals surface area contributed by atoms with E-state index in [0.717, 1.165) is 12.8 Å². The molecule has 1 amide bonds. The Morgan fingerprint density at radius 1 is 1.41 bits per heavy atom. The van der Waals surface area contributed by atoms with Crippen molar-refractivity contribution in [2.24, 2.45) is 0 Å². The number of aromatic nitrogens is 2. The molecule has 0 saturated carbocycles. The molecule has 0 bridgehead atoms. The van der Waals surface area contributed by atoms with Gasteiger partial charge in [-0.3, -0.25) is 4.79 Å². The van der Waals surface area contributed by atoms with Crippen LogP contribution >= 0.6 is 0 Å². The summed E-state index contributed by atoms with van der Waals surface area (Å²) in [5.41, 5.74) is 0.195. The molecule has 1 aliphatic heterocycles. The molecule has 6 heteroatoms. The van der Waals surface area contributed by atoms with E-state index in [2.05, 4.69) is 10.2 Å². The Hall–Kier alpha value is -1.98. The molecule has 2 rings (SSSR count). The molecule has 1 fully saturated rings. The van der Waals surface area contributed by atoms with E-state index in [1.165, 1.54) is 11.1 Å². The van der Waals surface area contributed by atoms with Crippen LogP contribution in [0.25, 0.3) is 0 Å². The van der Waals surface area contributed by atoms with Gasteiger partial charge in [-0.1, -0.05) is 0 Å². The minimum absolute atomic E-state index is 0.195. The summed E-state index contributed by atoms with van der Waals surface area (Å²) < 4.78 is 0. The van der Waals surface area contributed by atoms with E-state index in [9.17, 15) is 9.59 Å². The summed E-state index contributed by atoms with van der Waals surface area (Å²) in [6.07, 6.45) is 3.64. The Kier molecular flexibility index (Phi) is 3.32. The summed E-state index contributed by atoms with van der Waals surface area (Å²) in [5.74, 6) is -1.31. The Labute approximate surface area is 98.3 Å². The average molecular weight is 235 g/mol. The highest BCUT2D eigenvalue weighted by molar-refractivity contribution is 5.94. The minimum Gasteiger partial charge on any atom is -0.480 e. The number of nitrogens with zero attached hydrogens (tertiary/aromatic N) is 3. The van der Waals surface area contributed by atoms with Crippen molar-refractivity contribution in [3.8, 4) is 0 Å². The van der Waals surface area contributed by atoms with Gasteiger partial charge < -0.3 is 10.0 Å². The second-order valence-corrected chi connectivity index (χ2v) is 3.96. The Bertz CT molecular complexity index is 421. The quantitative estimate of drug-likeness (QED) is 0.809. The molecular weight excluding hydrogens is 222 g/mol. The highest BCUT2D eigenvalue weighted by Gasteiger charge is 2.32. The number of carboxylic acids is 1. The van der Waals surface area contributed by atoms with Crippen molar-refractivity contribution in [2.75, 3.05) is 6.54 Å². The van der Waals surface area contributed by atoms with E-state index in [-0.39, 0.29) is 11.6 Å². The second-order valence-electron chi connectivity index (χ2n) is 3.96. The fraction of sp³-hybridized carbons (Fsp3) is 0.455.